The number of carbonyl (C=O) groups excluding carboxylic acids is 2. The van der Waals surface area contributed by atoms with Crippen LogP contribution in [0.4, 0.5) is 11.4 Å². The van der Waals surface area contributed by atoms with E-state index in [1.807, 2.05) is 20.8 Å². The minimum atomic E-state index is -0.508. The van der Waals surface area contributed by atoms with Crippen molar-refractivity contribution in [3.63, 3.8) is 0 Å². The Labute approximate surface area is 179 Å². The Hall–Kier alpha value is -3.59. The fraction of sp³-hybridized carbons (Fsp3) is 0.190. The highest BCUT2D eigenvalue weighted by atomic mass is 32.1. The van der Waals surface area contributed by atoms with Gasteiger partial charge in [0.2, 0.25) is 5.91 Å². The van der Waals surface area contributed by atoms with Gasteiger partial charge < -0.3 is 10.6 Å². The lowest BCUT2D eigenvalue weighted by molar-refractivity contribution is -0.384. The van der Waals surface area contributed by atoms with Crippen LogP contribution < -0.4 is 16.0 Å². The van der Waals surface area contributed by atoms with Gasteiger partial charge in [-0.1, -0.05) is 18.2 Å². The van der Waals surface area contributed by atoms with Crippen LogP contribution in [0.25, 0.3) is 6.08 Å². The number of non-ortho nitro benzene ring substituents is 1. The van der Waals surface area contributed by atoms with Gasteiger partial charge >= 0.3 is 0 Å². The van der Waals surface area contributed by atoms with Crippen molar-refractivity contribution in [3.05, 3.63) is 75.8 Å². The van der Waals surface area contributed by atoms with Gasteiger partial charge in [-0.2, -0.15) is 0 Å². The smallest absolute Gasteiger partial charge is 0.270 e. The summed E-state index contributed by atoms with van der Waals surface area (Å²) in [5.74, 6) is -0.721. The van der Waals surface area contributed by atoms with Crippen molar-refractivity contribution in [3.8, 4) is 0 Å². The third kappa shape index (κ3) is 7.44. The van der Waals surface area contributed by atoms with Gasteiger partial charge in [-0.15, -0.1) is 0 Å². The molecule has 0 aromatic heterocycles. The molecule has 0 heterocycles. The van der Waals surface area contributed by atoms with E-state index >= 15 is 0 Å². The molecule has 0 aliphatic rings. The van der Waals surface area contributed by atoms with Crippen LogP contribution >= 0.6 is 12.2 Å². The van der Waals surface area contributed by atoms with Crippen LogP contribution in [0.3, 0.4) is 0 Å². The van der Waals surface area contributed by atoms with Gasteiger partial charge in [0, 0.05) is 35.0 Å². The number of nitrogens with one attached hydrogen (secondary N) is 3. The number of nitrogens with zero attached hydrogens (tertiary/aromatic N) is 1. The summed E-state index contributed by atoms with van der Waals surface area (Å²) >= 11 is 5.13. The Bertz CT molecular complexity index is 1010. The molecular formula is C21H22N4O4S. The van der Waals surface area contributed by atoms with E-state index in [9.17, 15) is 19.7 Å². The summed E-state index contributed by atoms with van der Waals surface area (Å²) in [7, 11) is 0. The lowest BCUT2D eigenvalue weighted by Crippen LogP contribution is -2.40. The minimum Gasteiger partial charge on any atom is -0.347 e. The minimum absolute atomic E-state index is 0.0528. The molecular weight excluding hydrogens is 404 g/mol. The standard InChI is InChI=1S/C21H22N4O4S/c1-21(2,3)24-19(27)15-7-5-8-16(13-15)22-20(30)23-18(26)11-10-14-6-4-9-17(12-14)25(28)29/h4-13H,1-3H3,(H,24,27)(H2,22,23,26,30)/b11-10+. The molecule has 8 nitrogen and oxygen atoms in total. The number of benzene rings is 2. The first kappa shape index (κ1) is 22.7. The van der Waals surface area contributed by atoms with Crippen LogP contribution in [-0.4, -0.2) is 27.4 Å². The average Bonchev–Trinajstić information content (AvgIpc) is 2.65. The van der Waals surface area contributed by atoms with E-state index in [4.69, 9.17) is 12.2 Å². The van der Waals surface area contributed by atoms with E-state index in [1.54, 1.807) is 30.3 Å². The van der Waals surface area contributed by atoms with Crippen molar-refractivity contribution in [2.75, 3.05) is 5.32 Å². The lowest BCUT2D eigenvalue weighted by Gasteiger charge is -2.20. The second-order valence-electron chi connectivity index (χ2n) is 7.41. The van der Waals surface area contributed by atoms with Crippen molar-refractivity contribution in [2.45, 2.75) is 26.3 Å². The summed E-state index contributed by atoms with van der Waals surface area (Å²) in [6.07, 6.45) is 2.67. The SMILES string of the molecule is CC(C)(C)NC(=O)c1cccc(NC(=S)NC(=O)/C=C/c2cccc([N+](=O)[O-])c2)c1. The number of carbonyl (C=O) groups is 2. The molecule has 0 unspecified atom stereocenters. The van der Waals surface area contributed by atoms with Crippen LogP contribution in [0, 0.1) is 10.1 Å². The van der Waals surface area contributed by atoms with E-state index in [-0.39, 0.29) is 22.2 Å². The second kappa shape index (κ2) is 9.75. The largest absolute Gasteiger partial charge is 0.347 e. The van der Waals surface area contributed by atoms with E-state index in [1.165, 1.54) is 30.4 Å². The summed E-state index contributed by atoms with van der Waals surface area (Å²) < 4.78 is 0. The van der Waals surface area contributed by atoms with Gasteiger partial charge in [0.15, 0.2) is 5.11 Å². The third-order valence-electron chi connectivity index (χ3n) is 3.62. The molecule has 0 bridgehead atoms. The molecule has 2 amide bonds. The first-order valence-corrected chi connectivity index (χ1v) is 9.41. The zero-order valence-electron chi connectivity index (χ0n) is 16.8. The van der Waals surface area contributed by atoms with Gasteiger partial charge in [-0.25, -0.2) is 0 Å². The number of hydrogen-bond acceptors (Lipinski definition) is 5. The van der Waals surface area contributed by atoms with E-state index in [0.717, 1.165) is 0 Å². The average molecular weight is 426 g/mol. The number of thiocarbonyl (C=S) groups is 1. The molecule has 2 rings (SSSR count). The number of amides is 2. The molecule has 0 saturated carbocycles. The molecule has 0 saturated heterocycles. The number of rotatable bonds is 5. The van der Waals surface area contributed by atoms with Gasteiger partial charge in [-0.05, 0) is 62.8 Å². The zero-order chi connectivity index (χ0) is 22.3. The summed E-state index contributed by atoms with van der Waals surface area (Å²) in [6.45, 7) is 5.66. The Balaban J connectivity index is 1.96. The predicted molar refractivity (Wildman–Crippen MR) is 120 cm³/mol. The fourth-order valence-corrected chi connectivity index (χ4v) is 2.60. The van der Waals surface area contributed by atoms with Gasteiger partial charge in [-0.3, -0.25) is 25.0 Å². The highest BCUT2D eigenvalue weighted by Gasteiger charge is 2.15. The molecule has 156 valence electrons. The first-order valence-electron chi connectivity index (χ1n) is 9.00. The number of hydrogen-bond donors (Lipinski definition) is 3. The zero-order valence-corrected chi connectivity index (χ0v) is 17.6. The molecule has 0 atom stereocenters. The number of nitro benzene ring substituents is 1. The maximum Gasteiger partial charge on any atom is 0.270 e. The number of nitro groups is 1. The van der Waals surface area contributed by atoms with Crippen molar-refractivity contribution >= 4 is 46.6 Å². The van der Waals surface area contributed by atoms with Crippen LogP contribution in [0.5, 0.6) is 0 Å². The Morgan fingerprint density at radius 2 is 1.80 bits per heavy atom. The summed E-state index contributed by atoms with van der Waals surface area (Å²) in [5, 5.41) is 19.1. The quantitative estimate of drug-likeness (QED) is 0.291. The van der Waals surface area contributed by atoms with E-state index in [2.05, 4.69) is 16.0 Å². The predicted octanol–water partition coefficient (Wildman–Crippen LogP) is 3.65. The van der Waals surface area contributed by atoms with E-state index < -0.39 is 10.8 Å². The van der Waals surface area contributed by atoms with Gasteiger partial charge in [0.1, 0.15) is 0 Å². The van der Waals surface area contributed by atoms with Crippen molar-refractivity contribution in [2.24, 2.45) is 0 Å². The number of anilines is 1. The molecule has 0 aliphatic carbocycles. The molecule has 3 N–H and O–H groups in total. The Morgan fingerprint density at radius 3 is 2.47 bits per heavy atom. The van der Waals surface area contributed by atoms with Crippen LogP contribution in [0.2, 0.25) is 0 Å². The summed E-state index contributed by atoms with van der Waals surface area (Å²) in [5.41, 5.74) is 1.08. The molecule has 2 aromatic carbocycles. The molecule has 9 heteroatoms. The van der Waals surface area contributed by atoms with Crippen LogP contribution in [0.15, 0.2) is 54.6 Å². The molecule has 2 aromatic rings. The fourth-order valence-electron chi connectivity index (χ4n) is 2.38. The van der Waals surface area contributed by atoms with Crippen molar-refractivity contribution in [1.29, 1.82) is 0 Å². The second-order valence-corrected chi connectivity index (χ2v) is 7.82. The Kier molecular flexibility index (Phi) is 7.38. The molecule has 0 spiro atoms. The van der Waals surface area contributed by atoms with E-state index in [0.29, 0.717) is 16.8 Å². The monoisotopic (exact) mass is 426 g/mol. The summed E-state index contributed by atoms with van der Waals surface area (Å²) in [4.78, 5) is 34.6. The maximum absolute atomic E-state index is 12.3. The third-order valence-corrected chi connectivity index (χ3v) is 3.82. The van der Waals surface area contributed by atoms with Crippen molar-refractivity contribution < 1.29 is 14.5 Å². The molecule has 30 heavy (non-hydrogen) atoms. The highest BCUT2D eigenvalue weighted by molar-refractivity contribution is 7.80. The Morgan fingerprint density at radius 1 is 1.10 bits per heavy atom. The van der Waals surface area contributed by atoms with Gasteiger partial charge in [0.25, 0.3) is 11.6 Å². The van der Waals surface area contributed by atoms with Gasteiger partial charge in [0.05, 0.1) is 4.92 Å². The molecule has 0 aliphatic heterocycles. The first-order chi connectivity index (χ1) is 14.0. The van der Waals surface area contributed by atoms with Crippen molar-refractivity contribution in [1.82, 2.24) is 10.6 Å². The summed E-state index contributed by atoms with van der Waals surface area (Å²) in [6, 6.07) is 12.6. The highest BCUT2D eigenvalue weighted by Crippen LogP contribution is 2.14. The van der Waals surface area contributed by atoms with Crippen LogP contribution in [-0.2, 0) is 4.79 Å². The lowest BCUT2D eigenvalue weighted by atomic mass is 10.1. The maximum atomic E-state index is 12.3. The molecule has 0 radical (unpaired) electrons. The topological polar surface area (TPSA) is 113 Å². The molecule has 0 fully saturated rings. The van der Waals surface area contributed by atoms with Crippen LogP contribution in [0.1, 0.15) is 36.7 Å². The normalized spacial score (nSPS) is 11.0.